The van der Waals surface area contributed by atoms with Gasteiger partial charge in [0.2, 0.25) is 11.7 Å². The molecular weight excluding hydrogens is 313 g/mol. The molecule has 1 aromatic rings. The largest absolute Gasteiger partial charge is 0.501 e. The fourth-order valence-electron chi connectivity index (χ4n) is 0.712. The van der Waals surface area contributed by atoms with Gasteiger partial charge in [0.25, 0.3) is 0 Å². The molecule has 0 radical (unpaired) electrons. The van der Waals surface area contributed by atoms with Crippen LogP contribution in [0.1, 0.15) is 5.56 Å². The minimum Gasteiger partial charge on any atom is -0.361 e. The highest BCUT2D eigenvalue weighted by atomic mass is 80.0. The lowest BCUT2D eigenvalue weighted by atomic mass is 10.3. The van der Waals surface area contributed by atoms with Crippen LogP contribution in [-0.2, 0) is 5.33 Å². The summed E-state index contributed by atoms with van der Waals surface area (Å²) in [5.74, 6) is -0.762. The first kappa shape index (κ1) is 10.8. The zero-order valence-electron chi connectivity index (χ0n) is 6.17. The molecule has 4 nitrogen and oxygen atoms in total. The summed E-state index contributed by atoms with van der Waals surface area (Å²) in [5.41, 5.74) is 0.0947. The first-order valence-corrected chi connectivity index (χ1v) is 6.14. The van der Waals surface area contributed by atoms with Gasteiger partial charge in [0.1, 0.15) is 0 Å². The summed E-state index contributed by atoms with van der Waals surface area (Å²) in [5, 5.41) is 0.150. The second-order valence-electron chi connectivity index (χ2n) is 1.98. The van der Waals surface area contributed by atoms with Crippen LogP contribution in [-0.4, -0.2) is 4.98 Å². The minimum atomic E-state index is -3.37. The summed E-state index contributed by atoms with van der Waals surface area (Å²) in [7, 11) is 0. The van der Waals surface area contributed by atoms with Crippen molar-refractivity contribution < 1.29 is 31.4 Å². The van der Waals surface area contributed by atoms with Crippen molar-refractivity contribution in [2.75, 3.05) is 0 Å². The van der Waals surface area contributed by atoms with Gasteiger partial charge in [-0.2, -0.15) is 4.39 Å². The van der Waals surface area contributed by atoms with Crippen LogP contribution >= 0.6 is 15.9 Å². The van der Waals surface area contributed by atoms with Gasteiger partial charge in [0, 0.05) is 17.6 Å². The fourth-order valence-corrected chi connectivity index (χ4v) is 1.81. The molecule has 0 saturated carbocycles. The Morgan fingerprint density at radius 3 is 2.85 bits per heavy atom. The molecule has 0 spiro atoms. The lowest BCUT2D eigenvalue weighted by molar-refractivity contribution is -1.62. The van der Waals surface area contributed by atoms with Gasteiger partial charge in [-0.1, -0.05) is 15.9 Å². The molecule has 7 heteroatoms. The molecule has 1 aromatic heterocycles. The van der Waals surface area contributed by atoms with Gasteiger partial charge in [-0.05, 0) is 0 Å². The molecule has 1 rings (SSSR count). The number of hydrogen-bond donors (Lipinski definition) is 0. The van der Waals surface area contributed by atoms with E-state index in [1.165, 1.54) is 6.07 Å². The average Bonchev–Trinajstić information content (AvgIpc) is 2.03. The van der Waals surface area contributed by atoms with Gasteiger partial charge < -0.3 is 8.40 Å². The maximum atomic E-state index is 12.9. The van der Waals surface area contributed by atoms with Gasteiger partial charge in [0.05, 0.1) is 5.56 Å². The third-order valence-electron chi connectivity index (χ3n) is 1.24. The minimum absolute atomic E-state index is 0.0237. The highest BCUT2D eigenvalue weighted by molar-refractivity contribution is 9.08. The quantitative estimate of drug-likeness (QED) is 0.561. The van der Waals surface area contributed by atoms with E-state index in [-0.39, 0.29) is 16.6 Å². The van der Waals surface area contributed by atoms with E-state index in [0.29, 0.717) is 0 Å². The Balaban J connectivity index is 2.98. The predicted octanol–water partition coefficient (Wildman–Crippen LogP) is -0.419. The van der Waals surface area contributed by atoms with Crippen LogP contribution in [0.15, 0.2) is 12.3 Å². The van der Waals surface area contributed by atoms with Crippen LogP contribution in [0.3, 0.4) is 0 Å². The highest BCUT2D eigenvalue weighted by Gasteiger charge is 2.19. The SMILES string of the molecule is [O-][Br+2]([O-])Oc1ccnc(F)c1CBr. The Bertz CT molecular complexity index is 297. The zero-order chi connectivity index (χ0) is 9.84. The van der Waals surface area contributed by atoms with Crippen molar-refractivity contribution in [3.8, 4) is 5.75 Å². The van der Waals surface area contributed by atoms with Crippen LogP contribution in [0.5, 0.6) is 5.75 Å². The second-order valence-corrected chi connectivity index (χ2v) is 3.66. The van der Waals surface area contributed by atoms with E-state index in [2.05, 4.69) is 24.7 Å². The first-order chi connectivity index (χ1) is 6.15. The molecule has 0 fully saturated rings. The van der Waals surface area contributed by atoms with Crippen LogP contribution in [0.4, 0.5) is 4.39 Å². The monoisotopic (exact) mass is 315 g/mol. The summed E-state index contributed by atoms with van der Waals surface area (Å²) in [6, 6.07) is 1.29. The third-order valence-corrected chi connectivity index (χ3v) is 2.41. The summed E-state index contributed by atoms with van der Waals surface area (Å²) in [4.78, 5) is 3.35. The number of alkyl halides is 1. The van der Waals surface area contributed by atoms with Gasteiger partial charge >= 0.3 is 14.8 Å². The van der Waals surface area contributed by atoms with Crippen molar-refractivity contribution in [3.05, 3.63) is 23.8 Å². The van der Waals surface area contributed by atoms with Crippen molar-refractivity contribution in [2.24, 2.45) is 0 Å². The van der Waals surface area contributed by atoms with E-state index in [9.17, 15) is 12.8 Å². The molecule has 13 heavy (non-hydrogen) atoms. The predicted molar refractivity (Wildman–Crippen MR) is 37.5 cm³/mol. The molecule has 72 valence electrons. The molecule has 0 saturated heterocycles. The summed E-state index contributed by atoms with van der Waals surface area (Å²) < 4.78 is 37.8. The Morgan fingerprint density at radius 1 is 1.62 bits per heavy atom. The third kappa shape index (κ3) is 2.87. The van der Waals surface area contributed by atoms with Crippen molar-refractivity contribution in [1.29, 1.82) is 0 Å². The molecular formula is C6H4Br2FNO3. The Kier molecular flexibility index (Phi) is 4.04. The smallest absolute Gasteiger partial charge is 0.361 e. The van der Waals surface area contributed by atoms with Crippen molar-refractivity contribution in [3.63, 3.8) is 0 Å². The molecule has 0 bridgehead atoms. The van der Waals surface area contributed by atoms with Crippen molar-refractivity contribution >= 4 is 15.9 Å². The van der Waals surface area contributed by atoms with Gasteiger partial charge in [-0.15, -0.1) is 3.83 Å². The standard InChI is InChI=1S/C6H4Br2FNO3/c7-3-4-5(13-8(11)12)1-2-10-6(4)9/h1-2H,3H2. The van der Waals surface area contributed by atoms with E-state index >= 15 is 0 Å². The maximum absolute atomic E-state index is 12.9. The van der Waals surface area contributed by atoms with Crippen LogP contribution < -0.4 is 12.2 Å². The normalized spacial score (nSPS) is 10.5. The Morgan fingerprint density at radius 2 is 2.31 bits per heavy atom. The van der Waals surface area contributed by atoms with Gasteiger partial charge in [-0.25, -0.2) is 4.98 Å². The Hall–Kier alpha value is -0.240. The van der Waals surface area contributed by atoms with Gasteiger partial charge in [-0.3, -0.25) is 0 Å². The number of aromatic nitrogens is 1. The lowest BCUT2D eigenvalue weighted by Gasteiger charge is -2.00. The lowest BCUT2D eigenvalue weighted by Crippen LogP contribution is -2.37. The molecule has 1 heterocycles. The molecule has 0 aliphatic rings. The number of halogens is 3. The molecule has 0 unspecified atom stereocenters. The van der Waals surface area contributed by atoms with E-state index in [1.54, 1.807) is 0 Å². The zero-order valence-corrected chi connectivity index (χ0v) is 9.34. The molecule has 0 amide bonds. The topological polar surface area (TPSA) is 68.2 Å². The number of nitrogens with zero attached hydrogens (tertiary/aromatic N) is 1. The molecule has 0 N–H and O–H groups in total. The second kappa shape index (κ2) is 4.85. The fraction of sp³-hybridized carbons (Fsp3) is 0.167. The molecule has 0 aliphatic carbocycles. The molecule has 0 aliphatic heterocycles. The molecule has 0 aromatic carbocycles. The maximum Gasteiger partial charge on any atom is 0.501 e. The van der Waals surface area contributed by atoms with E-state index < -0.39 is 20.8 Å². The summed E-state index contributed by atoms with van der Waals surface area (Å²) in [6.07, 6.45) is 1.14. The van der Waals surface area contributed by atoms with Crippen LogP contribution in [0.2, 0.25) is 0 Å². The van der Waals surface area contributed by atoms with Gasteiger partial charge in [0.15, 0.2) is 0 Å². The van der Waals surface area contributed by atoms with Crippen molar-refractivity contribution in [1.82, 2.24) is 4.98 Å². The average molecular weight is 317 g/mol. The van der Waals surface area contributed by atoms with Crippen LogP contribution in [0, 0.1) is 20.8 Å². The summed E-state index contributed by atoms with van der Waals surface area (Å²) >= 11 is -0.374. The number of pyridine rings is 1. The number of rotatable bonds is 3. The van der Waals surface area contributed by atoms with E-state index in [1.807, 2.05) is 0 Å². The van der Waals surface area contributed by atoms with E-state index in [4.69, 9.17) is 0 Å². The number of hydrogen-bond acceptors (Lipinski definition) is 4. The van der Waals surface area contributed by atoms with Crippen LogP contribution in [0.25, 0.3) is 0 Å². The Labute approximate surface area is 87.3 Å². The first-order valence-electron chi connectivity index (χ1n) is 3.08. The summed E-state index contributed by atoms with van der Waals surface area (Å²) in [6.45, 7) is 0. The molecule has 0 atom stereocenters. The van der Waals surface area contributed by atoms with Crippen molar-refractivity contribution in [2.45, 2.75) is 5.33 Å². The highest BCUT2D eigenvalue weighted by Crippen LogP contribution is 2.22. The van der Waals surface area contributed by atoms with E-state index in [0.717, 1.165) is 6.20 Å².